The minimum atomic E-state index is -0.0566. The summed E-state index contributed by atoms with van der Waals surface area (Å²) >= 11 is 0. The van der Waals surface area contributed by atoms with Crippen LogP contribution in [0, 0.1) is 0 Å². The third-order valence-electron chi connectivity index (χ3n) is 13.2. The molecule has 2 aromatic heterocycles. The van der Waals surface area contributed by atoms with Crippen molar-refractivity contribution in [2.75, 3.05) is 4.90 Å². The van der Waals surface area contributed by atoms with Gasteiger partial charge in [0.25, 0.3) is 0 Å². The molecule has 0 fully saturated rings. The molecule has 0 N–H and O–H groups in total. The number of hydrogen-bond donors (Lipinski definition) is 0. The van der Waals surface area contributed by atoms with E-state index in [2.05, 4.69) is 245 Å². The van der Waals surface area contributed by atoms with Gasteiger partial charge in [-0.05, 0) is 106 Å². The van der Waals surface area contributed by atoms with Crippen molar-refractivity contribution in [2.45, 2.75) is 6.32 Å². The highest BCUT2D eigenvalue weighted by Crippen LogP contribution is 2.49. The predicted octanol–water partition coefficient (Wildman–Crippen LogP) is 14.5. The summed E-state index contributed by atoms with van der Waals surface area (Å²) in [5, 5.41) is 7.23. The van der Waals surface area contributed by atoms with Crippen LogP contribution < -0.4 is 15.0 Å². The Kier molecular flexibility index (Phi) is 8.35. The molecule has 64 heavy (non-hydrogen) atoms. The fraction of sp³-hybridized carbons (Fsp3) is 0.0169. The largest absolute Gasteiger partial charge is 0.555 e. The number of anilines is 3. The molecule has 0 saturated carbocycles. The molecule has 1 aliphatic rings. The van der Waals surface area contributed by atoms with Crippen molar-refractivity contribution >= 4 is 83.8 Å². The van der Waals surface area contributed by atoms with Gasteiger partial charge in [-0.2, -0.15) is 0 Å². The average molecular weight is 818 g/mol. The number of nitrogens with zero attached hydrogens (tertiary/aromatic N) is 3. The summed E-state index contributed by atoms with van der Waals surface area (Å²) in [7, 11) is 0. The van der Waals surface area contributed by atoms with Crippen molar-refractivity contribution in [3.05, 3.63) is 236 Å². The third-order valence-corrected chi connectivity index (χ3v) is 13.2. The zero-order chi connectivity index (χ0) is 42.1. The maximum absolute atomic E-state index is 7.06. The third kappa shape index (κ3) is 5.78. The van der Waals surface area contributed by atoms with E-state index in [4.69, 9.17) is 4.65 Å². The predicted molar refractivity (Wildman–Crippen MR) is 269 cm³/mol. The highest BCUT2D eigenvalue weighted by molar-refractivity contribution is 6.68. The molecule has 3 heterocycles. The van der Waals surface area contributed by atoms with Gasteiger partial charge in [-0.1, -0.05) is 158 Å². The minimum absolute atomic E-state index is 0.0566. The van der Waals surface area contributed by atoms with Crippen LogP contribution in [0.3, 0.4) is 0 Å². The highest BCUT2D eigenvalue weighted by atomic mass is 16.4. The average Bonchev–Trinajstić information content (AvgIpc) is 4.05. The molecule has 0 saturated heterocycles. The van der Waals surface area contributed by atoms with Gasteiger partial charge >= 0.3 is 6.92 Å². The molecule has 0 spiro atoms. The monoisotopic (exact) mass is 817 g/mol. The van der Waals surface area contributed by atoms with Gasteiger partial charge in [-0.25, -0.2) is 0 Å². The van der Waals surface area contributed by atoms with Crippen molar-refractivity contribution in [1.29, 1.82) is 0 Å². The van der Waals surface area contributed by atoms with E-state index in [0.717, 1.165) is 68.2 Å². The molecule has 0 unspecified atom stereocenters. The van der Waals surface area contributed by atoms with Crippen molar-refractivity contribution in [3.8, 4) is 28.3 Å². The van der Waals surface area contributed by atoms with E-state index in [1.807, 2.05) is 0 Å². The molecule has 300 valence electrons. The molecule has 0 amide bonds. The Hall–Kier alpha value is -8.28. The van der Waals surface area contributed by atoms with Gasteiger partial charge < -0.3 is 18.7 Å². The summed E-state index contributed by atoms with van der Waals surface area (Å²) < 4.78 is 11.9. The van der Waals surface area contributed by atoms with Crippen LogP contribution in [0.25, 0.3) is 76.9 Å². The summed E-state index contributed by atoms with van der Waals surface area (Å²) in [6, 6.07) is 83.7. The Morgan fingerprint density at radius 2 is 0.969 bits per heavy atom. The van der Waals surface area contributed by atoms with Crippen LogP contribution in [0.5, 0.6) is 5.75 Å². The summed E-state index contributed by atoms with van der Waals surface area (Å²) in [5.41, 5.74) is 14.7. The summed E-state index contributed by atoms with van der Waals surface area (Å²) in [6.45, 7) is -0.0566. The molecule has 0 bridgehead atoms. The fourth-order valence-electron chi connectivity index (χ4n) is 10.3. The molecule has 5 heteroatoms. The molecule has 0 radical (unpaired) electrons. The second-order valence-corrected chi connectivity index (χ2v) is 16.8. The van der Waals surface area contributed by atoms with Gasteiger partial charge in [-0.3, -0.25) is 0 Å². The van der Waals surface area contributed by atoms with Gasteiger partial charge in [0.15, 0.2) is 0 Å². The summed E-state index contributed by atoms with van der Waals surface area (Å²) in [5.74, 6) is 0.956. The van der Waals surface area contributed by atoms with Crippen LogP contribution in [-0.2, 0) is 6.32 Å². The van der Waals surface area contributed by atoms with Crippen molar-refractivity contribution in [1.82, 2.24) is 9.13 Å². The van der Waals surface area contributed by atoms with Crippen LogP contribution in [0.2, 0.25) is 0 Å². The van der Waals surface area contributed by atoms with E-state index in [-0.39, 0.29) is 6.92 Å². The highest BCUT2D eigenvalue weighted by Gasteiger charge is 2.33. The lowest BCUT2D eigenvalue weighted by molar-refractivity contribution is 0.603. The normalized spacial score (nSPS) is 12.4. The molecular formula is C59H40BN3O. The Bertz CT molecular complexity index is 3740. The zero-order valence-electron chi connectivity index (χ0n) is 35.0. The first kappa shape index (κ1) is 36.4. The second-order valence-electron chi connectivity index (χ2n) is 16.8. The van der Waals surface area contributed by atoms with E-state index < -0.39 is 0 Å². The number of hydrogen-bond acceptors (Lipinski definition) is 2. The topological polar surface area (TPSA) is 22.3 Å². The number of benzene rings is 10. The van der Waals surface area contributed by atoms with Crippen LogP contribution in [-0.4, -0.2) is 16.0 Å². The first-order chi connectivity index (χ1) is 31.7. The zero-order valence-corrected chi connectivity index (χ0v) is 35.0. The van der Waals surface area contributed by atoms with Gasteiger partial charge in [-0.15, -0.1) is 0 Å². The van der Waals surface area contributed by atoms with Gasteiger partial charge in [0.05, 0.1) is 22.1 Å². The van der Waals surface area contributed by atoms with E-state index in [0.29, 0.717) is 0 Å². The van der Waals surface area contributed by atoms with Gasteiger partial charge in [0.2, 0.25) is 0 Å². The Morgan fingerprint density at radius 1 is 0.391 bits per heavy atom. The molecule has 12 aromatic rings. The Morgan fingerprint density at radius 3 is 1.73 bits per heavy atom. The van der Waals surface area contributed by atoms with Crippen molar-refractivity contribution in [2.24, 2.45) is 0 Å². The lowest BCUT2D eigenvalue weighted by atomic mass is 9.58. The van der Waals surface area contributed by atoms with E-state index >= 15 is 0 Å². The van der Waals surface area contributed by atoms with Gasteiger partial charge in [0.1, 0.15) is 5.75 Å². The smallest absolute Gasteiger partial charge is 0.396 e. The van der Waals surface area contributed by atoms with Gasteiger partial charge in [0, 0.05) is 55.5 Å². The Labute approximate surface area is 371 Å². The van der Waals surface area contributed by atoms with Crippen molar-refractivity contribution < 1.29 is 4.65 Å². The molecular weight excluding hydrogens is 777 g/mol. The molecule has 10 aromatic carbocycles. The molecule has 1 aliphatic heterocycles. The quantitative estimate of drug-likeness (QED) is 0.150. The Balaban J connectivity index is 1.12. The summed E-state index contributed by atoms with van der Waals surface area (Å²) in [6.07, 6.45) is 0.820. The van der Waals surface area contributed by atoms with E-state index in [1.165, 1.54) is 48.9 Å². The molecule has 0 atom stereocenters. The van der Waals surface area contributed by atoms with Crippen LogP contribution in [0.4, 0.5) is 17.1 Å². The number of rotatable bonds is 7. The van der Waals surface area contributed by atoms with E-state index in [1.54, 1.807) is 0 Å². The molecule has 4 nitrogen and oxygen atoms in total. The first-order valence-corrected chi connectivity index (χ1v) is 22.1. The summed E-state index contributed by atoms with van der Waals surface area (Å²) in [4.78, 5) is 2.45. The fourth-order valence-corrected chi connectivity index (χ4v) is 10.3. The minimum Gasteiger partial charge on any atom is -0.555 e. The van der Waals surface area contributed by atoms with Crippen LogP contribution in [0.15, 0.2) is 231 Å². The van der Waals surface area contributed by atoms with E-state index in [9.17, 15) is 0 Å². The number of aromatic nitrogens is 2. The molecule has 0 aliphatic carbocycles. The maximum Gasteiger partial charge on any atom is 0.396 e. The maximum atomic E-state index is 7.06. The second kappa shape index (κ2) is 14.7. The number of fused-ring (bicyclic) bond motifs is 8. The van der Waals surface area contributed by atoms with Crippen molar-refractivity contribution in [3.63, 3.8) is 0 Å². The molecule has 13 rings (SSSR count). The standard InChI is InChI=1S/C59H40BN3O/c1-4-20-43(21-5-1)60-39-42-19-16-28-51(59(42)64-60)53-36-48(38-57-58(53)52-27-13-15-30-55(52)63(57)45-24-8-3-9-25-45)61(46-32-31-40-17-10-11-18-41(40)35-46)47-33-34-50-49-26-12-14-29-54(49)62(56(50)37-47)44-22-6-2-7-23-44/h1-38H,39H2. The SMILES string of the molecule is c1ccc(B2Cc3cccc(-c4cc(N(c5ccc6ccccc6c5)c5ccc6c7ccccc7n(-c7ccccc7)c6c5)cc5c4c4ccccc4n5-c4ccccc4)c3O2)cc1. The van der Waals surface area contributed by atoms with Crippen LogP contribution >= 0.6 is 0 Å². The number of para-hydroxylation sites is 5. The lowest BCUT2D eigenvalue weighted by Gasteiger charge is -2.27. The lowest BCUT2D eigenvalue weighted by Crippen LogP contribution is -2.35. The van der Waals surface area contributed by atoms with Crippen LogP contribution in [0.1, 0.15) is 5.56 Å². The first-order valence-electron chi connectivity index (χ1n) is 22.1.